The maximum atomic E-state index is 12.6. The molecular weight excluding hydrogens is 404 g/mol. The lowest BCUT2D eigenvalue weighted by Crippen LogP contribution is -2.36. The number of benzene rings is 1. The lowest BCUT2D eigenvalue weighted by atomic mass is 10.2. The Hall–Kier alpha value is -1.90. The van der Waals surface area contributed by atoms with Gasteiger partial charge in [-0.25, -0.2) is 13.4 Å². The molecule has 0 radical (unpaired) electrons. The van der Waals surface area contributed by atoms with E-state index in [-0.39, 0.29) is 6.04 Å². The van der Waals surface area contributed by atoms with E-state index in [9.17, 15) is 8.42 Å². The molecule has 160 valence electrons. The zero-order valence-corrected chi connectivity index (χ0v) is 19.5. The highest BCUT2D eigenvalue weighted by molar-refractivity contribution is 7.89. The normalized spacial score (nSPS) is 12.6. The van der Waals surface area contributed by atoms with Gasteiger partial charge in [0.1, 0.15) is 0 Å². The molecule has 2 aromatic rings. The summed E-state index contributed by atoms with van der Waals surface area (Å²) in [5.41, 5.74) is 0.956. The van der Waals surface area contributed by atoms with Crippen LogP contribution >= 0.6 is 11.3 Å². The van der Waals surface area contributed by atoms with Crippen LogP contribution in [0.1, 0.15) is 43.0 Å². The number of nitrogens with zero attached hydrogens (tertiary/aromatic N) is 2. The first-order chi connectivity index (χ1) is 13.8. The molecule has 0 saturated heterocycles. The van der Waals surface area contributed by atoms with Crippen molar-refractivity contribution in [1.82, 2.24) is 14.9 Å². The monoisotopic (exact) mass is 436 g/mol. The van der Waals surface area contributed by atoms with Crippen LogP contribution in [0, 0.1) is 0 Å². The SMILES string of the molecule is CCNC(=NCc1ccc(S(=O)(=O)N(C)C(C)C)cc1)NCc1ccc(CC)s1. The van der Waals surface area contributed by atoms with Crippen LogP contribution in [-0.2, 0) is 29.5 Å². The molecule has 0 aliphatic carbocycles. The molecule has 6 nitrogen and oxygen atoms in total. The Bertz CT molecular complexity index is 903. The highest BCUT2D eigenvalue weighted by Crippen LogP contribution is 2.18. The molecule has 2 N–H and O–H groups in total. The zero-order chi connectivity index (χ0) is 21.4. The van der Waals surface area contributed by atoms with Crippen molar-refractivity contribution in [3.63, 3.8) is 0 Å². The summed E-state index contributed by atoms with van der Waals surface area (Å²) in [5.74, 6) is 0.746. The largest absolute Gasteiger partial charge is 0.357 e. The summed E-state index contributed by atoms with van der Waals surface area (Å²) in [6, 6.07) is 11.2. The number of hydrogen-bond acceptors (Lipinski definition) is 4. The summed E-state index contributed by atoms with van der Waals surface area (Å²) < 4.78 is 26.5. The van der Waals surface area contributed by atoms with E-state index in [2.05, 4.69) is 34.7 Å². The van der Waals surface area contributed by atoms with Crippen LogP contribution in [0.5, 0.6) is 0 Å². The number of guanidine groups is 1. The molecule has 0 saturated carbocycles. The number of hydrogen-bond donors (Lipinski definition) is 2. The van der Waals surface area contributed by atoms with E-state index >= 15 is 0 Å². The Labute approximate surface area is 179 Å². The third-order valence-corrected chi connectivity index (χ3v) is 7.86. The van der Waals surface area contributed by atoms with E-state index in [4.69, 9.17) is 0 Å². The minimum absolute atomic E-state index is 0.0882. The van der Waals surface area contributed by atoms with Gasteiger partial charge in [-0.2, -0.15) is 4.31 Å². The summed E-state index contributed by atoms with van der Waals surface area (Å²) in [6.45, 7) is 9.88. The molecule has 0 fully saturated rings. The number of rotatable bonds is 9. The summed E-state index contributed by atoms with van der Waals surface area (Å²) in [5, 5.41) is 6.60. The molecular formula is C21H32N4O2S2. The molecule has 0 aliphatic rings. The fourth-order valence-electron chi connectivity index (χ4n) is 2.60. The van der Waals surface area contributed by atoms with Crippen LogP contribution in [-0.4, -0.2) is 38.3 Å². The van der Waals surface area contributed by atoms with E-state index in [1.54, 1.807) is 19.2 Å². The molecule has 0 spiro atoms. The predicted molar refractivity (Wildman–Crippen MR) is 122 cm³/mol. The lowest BCUT2D eigenvalue weighted by molar-refractivity contribution is 0.410. The van der Waals surface area contributed by atoms with Gasteiger partial charge in [0.05, 0.1) is 18.0 Å². The van der Waals surface area contributed by atoms with Crippen molar-refractivity contribution >= 4 is 27.3 Å². The number of sulfonamides is 1. The first-order valence-electron chi connectivity index (χ1n) is 9.94. The fourth-order valence-corrected chi connectivity index (χ4v) is 4.87. The van der Waals surface area contributed by atoms with Crippen LogP contribution in [0.2, 0.25) is 0 Å². The van der Waals surface area contributed by atoms with E-state index < -0.39 is 10.0 Å². The number of nitrogens with one attached hydrogen (secondary N) is 2. The van der Waals surface area contributed by atoms with Crippen molar-refractivity contribution in [3.05, 3.63) is 51.7 Å². The Balaban J connectivity index is 2.03. The molecule has 29 heavy (non-hydrogen) atoms. The predicted octanol–water partition coefficient (Wildman–Crippen LogP) is 3.59. The van der Waals surface area contributed by atoms with Gasteiger partial charge in [-0.1, -0.05) is 19.1 Å². The fraction of sp³-hybridized carbons (Fsp3) is 0.476. The minimum Gasteiger partial charge on any atom is -0.357 e. The maximum Gasteiger partial charge on any atom is 0.243 e. The lowest BCUT2D eigenvalue weighted by Gasteiger charge is -2.21. The number of aliphatic imine (C=N–C) groups is 1. The molecule has 1 heterocycles. The molecule has 0 bridgehead atoms. The smallest absolute Gasteiger partial charge is 0.243 e. The highest BCUT2D eigenvalue weighted by atomic mass is 32.2. The maximum absolute atomic E-state index is 12.6. The molecule has 0 unspecified atom stereocenters. The Morgan fingerprint density at radius 1 is 1.07 bits per heavy atom. The van der Waals surface area contributed by atoms with Crippen LogP contribution in [0.25, 0.3) is 0 Å². The zero-order valence-electron chi connectivity index (χ0n) is 17.9. The topological polar surface area (TPSA) is 73.8 Å². The highest BCUT2D eigenvalue weighted by Gasteiger charge is 2.22. The number of thiophene rings is 1. The summed E-state index contributed by atoms with van der Waals surface area (Å²) >= 11 is 1.81. The van der Waals surface area contributed by atoms with Crippen molar-refractivity contribution in [3.8, 4) is 0 Å². The van der Waals surface area contributed by atoms with Crippen molar-refractivity contribution < 1.29 is 8.42 Å². The van der Waals surface area contributed by atoms with Gasteiger partial charge in [0.25, 0.3) is 0 Å². The van der Waals surface area contributed by atoms with Gasteiger partial charge in [-0.15, -0.1) is 11.3 Å². The quantitative estimate of drug-likeness (QED) is 0.465. The number of aryl methyl sites for hydroxylation is 1. The van der Waals surface area contributed by atoms with Crippen LogP contribution in [0.3, 0.4) is 0 Å². The average Bonchev–Trinajstić information content (AvgIpc) is 3.17. The van der Waals surface area contributed by atoms with Gasteiger partial charge in [-0.05, 0) is 57.0 Å². The Kier molecular flexibility index (Phi) is 8.67. The van der Waals surface area contributed by atoms with Crippen molar-refractivity contribution in [2.24, 2.45) is 4.99 Å². The second-order valence-corrected chi connectivity index (χ2v) is 10.3. The molecule has 2 rings (SSSR count). The third kappa shape index (κ3) is 6.55. The van der Waals surface area contributed by atoms with Crippen molar-refractivity contribution in [2.45, 2.75) is 58.1 Å². The molecule has 1 aromatic heterocycles. The summed E-state index contributed by atoms with van der Waals surface area (Å²) in [7, 11) is -1.86. The van der Waals surface area contributed by atoms with Crippen LogP contribution in [0.4, 0.5) is 0 Å². The van der Waals surface area contributed by atoms with Gasteiger partial charge in [0.2, 0.25) is 10.0 Å². The van der Waals surface area contributed by atoms with Crippen molar-refractivity contribution in [2.75, 3.05) is 13.6 Å². The Morgan fingerprint density at radius 3 is 2.28 bits per heavy atom. The van der Waals surface area contributed by atoms with Gasteiger partial charge < -0.3 is 10.6 Å². The van der Waals surface area contributed by atoms with Crippen molar-refractivity contribution in [1.29, 1.82) is 0 Å². The average molecular weight is 437 g/mol. The van der Waals surface area contributed by atoms with E-state index in [1.165, 1.54) is 14.1 Å². The van der Waals surface area contributed by atoms with Gasteiger partial charge in [0, 0.05) is 29.4 Å². The molecule has 1 aromatic carbocycles. The van der Waals surface area contributed by atoms with Gasteiger partial charge >= 0.3 is 0 Å². The molecule has 0 atom stereocenters. The van der Waals surface area contributed by atoms with Gasteiger partial charge in [0.15, 0.2) is 5.96 Å². The molecule has 0 amide bonds. The second kappa shape index (κ2) is 10.8. The standard InChI is InChI=1S/C21H32N4O2S2/c1-6-18-10-11-19(28-18)15-24-21(22-7-2)23-14-17-8-12-20(13-9-17)29(26,27)25(5)16(3)4/h8-13,16H,6-7,14-15H2,1-5H3,(H2,22,23,24). The third-order valence-electron chi connectivity index (χ3n) is 4.59. The van der Waals surface area contributed by atoms with E-state index in [0.717, 1.165) is 31.0 Å². The molecule has 0 aliphatic heterocycles. The Morgan fingerprint density at radius 2 is 1.72 bits per heavy atom. The molecule has 8 heteroatoms. The van der Waals surface area contributed by atoms with E-state index in [0.29, 0.717) is 11.4 Å². The first kappa shape index (κ1) is 23.4. The second-order valence-electron chi connectivity index (χ2n) is 7.03. The minimum atomic E-state index is -3.46. The van der Waals surface area contributed by atoms with Crippen LogP contribution in [0.15, 0.2) is 46.3 Å². The first-order valence-corrected chi connectivity index (χ1v) is 12.2. The summed E-state index contributed by atoms with van der Waals surface area (Å²) in [6.07, 6.45) is 1.05. The summed E-state index contributed by atoms with van der Waals surface area (Å²) in [4.78, 5) is 7.57. The van der Waals surface area contributed by atoms with Gasteiger partial charge in [-0.3, -0.25) is 0 Å². The van der Waals surface area contributed by atoms with Crippen LogP contribution < -0.4 is 10.6 Å². The van der Waals surface area contributed by atoms with E-state index in [1.807, 2.05) is 44.2 Å².